The molecule has 1 aromatic carbocycles. The van der Waals surface area contributed by atoms with E-state index in [-0.39, 0.29) is 51.8 Å². The second-order valence-electron chi connectivity index (χ2n) is 10.8. The number of allylic oxidation sites excluding steroid dienone is 1. The third-order valence-electron chi connectivity index (χ3n) is 8.34. The van der Waals surface area contributed by atoms with E-state index in [0.717, 1.165) is 44.4 Å². The molecule has 2 fully saturated rings. The Labute approximate surface area is 234 Å². The third kappa shape index (κ3) is 3.75. The predicted octanol–water partition coefficient (Wildman–Crippen LogP) is 3.65. The molecular formula is C28H28F2N8OS. The average Bonchev–Trinajstić information content (AvgIpc) is 3.63. The van der Waals surface area contributed by atoms with Crippen LogP contribution in [0, 0.1) is 23.0 Å². The zero-order valence-electron chi connectivity index (χ0n) is 22.3. The molecule has 0 radical (unpaired) electrons. The van der Waals surface area contributed by atoms with Crippen molar-refractivity contribution in [3.8, 4) is 17.3 Å². The van der Waals surface area contributed by atoms with E-state index in [1.807, 2.05) is 19.0 Å². The second-order valence-corrected chi connectivity index (χ2v) is 11.8. The van der Waals surface area contributed by atoms with Crippen molar-refractivity contribution in [2.24, 2.45) is 5.73 Å². The summed E-state index contributed by atoms with van der Waals surface area (Å²) in [5.41, 5.74) is 8.73. The first-order chi connectivity index (χ1) is 19.4. The minimum Gasteiger partial charge on any atom is -0.400 e. The van der Waals surface area contributed by atoms with Crippen LogP contribution in [0.15, 0.2) is 16.8 Å². The number of benzene rings is 1. The highest BCUT2D eigenvalue weighted by molar-refractivity contribution is 7.99. The number of halogens is 2. The number of ether oxygens (including phenoxy) is 1. The van der Waals surface area contributed by atoms with Gasteiger partial charge in [0.15, 0.2) is 11.6 Å². The highest BCUT2D eigenvalue weighted by Gasteiger charge is 2.36. The molecule has 2 saturated heterocycles. The van der Waals surface area contributed by atoms with Gasteiger partial charge in [0.1, 0.15) is 17.4 Å². The number of hydrogen-bond donors (Lipinski definition) is 1. The maximum absolute atomic E-state index is 17.0. The van der Waals surface area contributed by atoms with Crippen LogP contribution >= 0.6 is 11.8 Å². The minimum absolute atomic E-state index is 0.120. The van der Waals surface area contributed by atoms with Crippen LogP contribution in [0.4, 0.5) is 20.5 Å². The fraction of sp³-hybridized carbons (Fsp3) is 0.429. The summed E-state index contributed by atoms with van der Waals surface area (Å²) >= 11 is 1.18. The summed E-state index contributed by atoms with van der Waals surface area (Å²) in [6, 6.07) is 2.55. The van der Waals surface area contributed by atoms with Crippen molar-refractivity contribution in [3.05, 3.63) is 40.2 Å². The molecule has 0 aliphatic carbocycles. The van der Waals surface area contributed by atoms with Crippen LogP contribution in [0.25, 0.3) is 27.7 Å². The van der Waals surface area contributed by atoms with Gasteiger partial charge in [0.2, 0.25) is 5.95 Å². The second kappa shape index (κ2) is 9.54. The molecule has 9 nitrogen and oxygen atoms in total. The van der Waals surface area contributed by atoms with Crippen molar-refractivity contribution in [3.63, 3.8) is 0 Å². The number of thioether (sulfide) groups is 1. The number of rotatable bonds is 3. The molecule has 4 aliphatic heterocycles. The van der Waals surface area contributed by atoms with Gasteiger partial charge in [0.25, 0.3) is 0 Å². The van der Waals surface area contributed by atoms with Gasteiger partial charge in [-0.2, -0.15) is 10.2 Å². The van der Waals surface area contributed by atoms with E-state index < -0.39 is 11.6 Å². The highest BCUT2D eigenvalue weighted by atomic mass is 32.2. The first kappa shape index (κ1) is 25.4. The Balaban J connectivity index is 1.49. The Morgan fingerprint density at radius 1 is 1.15 bits per heavy atom. The molecule has 12 heteroatoms. The monoisotopic (exact) mass is 562 g/mol. The topological polar surface area (TPSA) is 107 Å². The lowest BCUT2D eigenvalue weighted by atomic mass is 9.91. The van der Waals surface area contributed by atoms with E-state index in [0.29, 0.717) is 34.5 Å². The van der Waals surface area contributed by atoms with Gasteiger partial charge in [-0.05, 0) is 30.5 Å². The zero-order valence-corrected chi connectivity index (χ0v) is 23.1. The molecule has 0 bridgehead atoms. The first-order valence-corrected chi connectivity index (χ1v) is 14.4. The van der Waals surface area contributed by atoms with E-state index in [1.54, 1.807) is 0 Å². The summed E-state index contributed by atoms with van der Waals surface area (Å²) < 4.78 is 37.7. The largest absolute Gasteiger partial charge is 0.400 e. The Kier molecular flexibility index (Phi) is 6.07. The van der Waals surface area contributed by atoms with Gasteiger partial charge in [0.05, 0.1) is 41.0 Å². The fourth-order valence-electron chi connectivity index (χ4n) is 6.43. The molecule has 1 atom stereocenters. The lowest BCUT2D eigenvalue weighted by Crippen LogP contribution is -2.50. The molecular weight excluding hydrogens is 534 g/mol. The molecule has 3 aromatic rings. The van der Waals surface area contributed by atoms with E-state index in [4.69, 9.17) is 20.4 Å². The summed E-state index contributed by atoms with van der Waals surface area (Å²) in [6.07, 6.45) is 3.40. The molecule has 2 N–H and O–H groups in total. The first-order valence-electron chi connectivity index (χ1n) is 13.4. The van der Waals surface area contributed by atoms with Crippen LogP contribution in [-0.4, -0.2) is 71.9 Å². The van der Waals surface area contributed by atoms with E-state index in [1.165, 1.54) is 18.2 Å². The van der Waals surface area contributed by atoms with Gasteiger partial charge in [-0.1, -0.05) is 0 Å². The zero-order chi connectivity index (χ0) is 27.7. The van der Waals surface area contributed by atoms with Gasteiger partial charge in [0, 0.05) is 62.3 Å². The van der Waals surface area contributed by atoms with Crippen LogP contribution < -0.4 is 15.5 Å². The van der Waals surface area contributed by atoms with Gasteiger partial charge in [-0.15, -0.1) is 11.8 Å². The lowest BCUT2D eigenvalue weighted by molar-refractivity contribution is 0.135. The maximum Gasteiger partial charge on any atom is 0.228 e. The van der Waals surface area contributed by atoms with Crippen LogP contribution in [0.1, 0.15) is 29.5 Å². The molecule has 4 aliphatic rings. The molecule has 40 heavy (non-hydrogen) atoms. The van der Waals surface area contributed by atoms with Gasteiger partial charge in [-0.25, -0.2) is 13.8 Å². The maximum atomic E-state index is 17.0. The third-order valence-corrected chi connectivity index (χ3v) is 9.48. The standard InChI is InChI=1S/C28H28F2N8OS/c1-36(2)27-22-17-12-39-11-16(17)20(24-21-15(8-31)19(32)13-40-26(21)18(29)9-33-24)23(30)25(22)34-28(35-27)38-7-6-37-5-3-4-14(37)10-38/h9,14H,3-7,10-13,32H2,1-2H3. The number of aromatic nitrogens is 3. The van der Waals surface area contributed by atoms with Crippen LogP contribution in [-0.2, 0) is 18.0 Å². The average molecular weight is 563 g/mol. The van der Waals surface area contributed by atoms with Gasteiger partial charge in [-0.3, -0.25) is 9.88 Å². The molecule has 206 valence electrons. The number of nitrogens with zero attached hydrogens (tertiary/aromatic N) is 7. The number of pyridine rings is 1. The summed E-state index contributed by atoms with van der Waals surface area (Å²) in [5, 5.41) is 10.5. The number of nitrogens with two attached hydrogens (primary N) is 1. The van der Waals surface area contributed by atoms with Crippen molar-refractivity contribution >= 4 is 40.0 Å². The Morgan fingerprint density at radius 2 is 1.98 bits per heavy atom. The Morgan fingerprint density at radius 3 is 2.77 bits per heavy atom. The number of hydrogen-bond acceptors (Lipinski definition) is 10. The molecule has 2 aromatic heterocycles. The summed E-state index contributed by atoms with van der Waals surface area (Å²) in [4.78, 5) is 20.9. The SMILES string of the molecule is CN(C)c1nc(N2CCN3CCCC3C2)nc2c(F)c(-c3ncc(F)c4c3C(C#N)=C(N)CS4)c3c(c12)COC3. The quantitative estimate of drug-likeness (QED) is 0.508. The van der Waals surface area contributed by atoms with Crippen molar-refractivity contribution in [2.75, 3.05) is 55.8 Å². The molecule has 0 amide bonds. The minimum atomic E-state index is -0.585. The van der Waals surface area contributed by atoms with E-state index in [2.05, 4.69) is 20.9 Å². The highest BCUT2D eigenvalue weighted by Crippen LogP contribution is 2.47. The molecule has 1 unspecified atom stereocenters. The Bertz CT molecular complexity index is 1650. The summed E-state index contributed by atoms with van der Waals surface area (Å²) in [5.74, 6) is 0.224. The summed E-state index contributed by atoms with van der Waals surface area (Å²) in [7, 11) is 3.77. The normalized spacial score (nSPS) is 20.5. The number of piperazine rings is 1. The predicted molar refractivity (Wildman–Crippen MR) is 150 cm³/mol. The van der Waals surface area contributed by atoms with E-state index in [9.17, 15) is 9.65 Å². The van der Waals surface area contributed by atoms with Crippen LogP contribution in [0.3, 0.4) is 0 Å². The lowest BCUT2D eigenvalue weighted by Gasteiger charge is -2.37. The molecule has 0 spiro atoms. The molecule has 6 heterocycles. The number of anilines is 2. The fourth-order valence-corrected chi connectivity index (χ4v) is 7.41. The number of fused-ring (bicyclic) bond motifs is 5. The number of nitriles is 1. The van der Waals surface area contributed by atoms with Gasteiger partial charge < -0.3 is 20.3 Å². The van der Waals surface area contributed by atoms with Crippen molar-refractivity contribution < 1.29 is 13.5 Å². The van der Waals surface area contributed by atoms with Gasteiger partial charge >= 0.3 is 0 Å². The van der Waals surface area contributed by atoms with Crippen LogP contribution in [0.2, 0.25) is 0 Å². The summed E-state index contributed by atoms with van der Waals surface area (Å²) in [6.45, 7) is 3.99. The van der Waals surface area contributed by atoms with E-state index >= 15 is 4.39 Å². The van der Waals surface area contributed by atoms with Crippen molar-refractivity contribution in [1.29, 1.82) is 5.26 Å². The Hall–Kier alpha value is -3.53. The smallest absolute Gasteiger partial charge is 0.228 e. The van der Waals surface area contributed by atoms with Crippen molar-refractivity contribution in [1.82, 2.24) is 19.9 Å². The molecule has 7 rings (SSSR count). The molecule has 0 saturated carbocycles. The van der Waals surface area contributed by atoms with Crippen LogP contribution in [0.5, 0.6) is 0 Å². The van der Waals surface area contributed by atoms with Crippen molar-refractivity contribution in [2.45, 2.75) is 37.0 Å².